The molecule has 0 saturated carbocycles. The van der Waals surface area contributed by atoms with Crippen LogP contribution < -0.4 is 4.74 Å². The molecule has 0 saturated heterocycles. The Morgan fingerprint density at radius 2 is 2.10 bits per heavy atom. The Balaban J connectivity index is 1.78. The Bertz CT molecular complexity index is 1100. The lowest BCUT2D eigenvalue weighted by molar-refractivity contribution is 0.0606. The minimum atomic E-state index is -0.668. The molecule has 0 N–H and O–H groups in total. The van der Waals surface area contributed by atoms with Crippen molar-refractivity contribution in [2.75, 3.05) is 20.5 Å². The van der Waals surface area contributed by atoms with E-state index in [-0.39, 0.29) is 5.97 Å². The van der Waals surface area contributed by atoms with E-state index in [0.29, 0.717) is 4.88 Å². The first kappa shape index (κ1) is 19.9. The normalized spacial score (nSPS) is 17.6. The number of aliphatic imine (C=N–C) groups is 1. The quantitative estimate of drug-likeness (QED) is 0.384. The predicted octanol–water partition coefficient (Wildman–Crippen LogP) is 5.27. The van der Waals surface area contributed by atoms with Crippen molar-refractivity contribution in [3.05, 3.63) is 63.3 Å². The molecule has 1 unspecified atom stereocenters. The predicted molar refractivity (Wildman–Crippen MR) is 120 cm³/mol. The Kier molecular flexibility index (Phi) is 5.58. The molecule has 1 aliphatic rings. The molecule has 0 spiro atoms. The molecule has 0 bridgehead atoms. The van der Waals surface area contributed by atoms with Crippen LogP contribution in [-0.4, -0.2) is 37.6 Å². The van der Waals surface area contributed by atoms with Crippen molar-refractivity contribution in [1.82, 2.24) is 4.98 Å². The number of methoxy groups -OCH3 is 2. The number of hydrogen-bond donors (Lipinski definition) is 0. The molecule has 4 rings (SSSR count). The second kappa shape index (κ2) is 8.14. The molecule has 5 nitrogen and oxygen atoms in total. The van der Waals surface area contributed by atoms with Crippen LogP contribution in [0.4, 0.5) is 0 Å². The number of benzene rings is 1. The van der Waals surface area contributed by atoms with Crippen LogP contribution in [0, 0.1) is 0 Å². The van der Waals surface area contributed by atoms with Crippen LogP contribution in [0.3, 0.4) is 0 Å². The van der Waals surface area contributed by atoms with Crippen LogP contribution in [0.1, 0.15) is 20.2 Å². The molecule has 148 valence electrons. The van der Waals surface area contributed by atoms with E-state index in [2.05, 4.69) is 0 Å². The second-order valence-electron chi connectivity index (χ2n) is 6.18. The highest BCUT2D eigenvalue weighted by Crippen LogP contribution is 2.43. The summed E-state index contributed by atoms with van der Waals surface area (Å²) in [5, 5.41) is 2.88. The SMILES string of the molecule is COC(=O)c1cc(-c2csc(C3(c4cccc(OC)c4)C=CC=N3)n2)c(SC)s1. The van der Waals surface area contributed by atoms with Gasteiger partial charge >= 0.3 is 5.97 Å². The van der Waals surface area contributed by atoms with Gasteiger partial charge in [0, 0.05) is 17.2 Å². The van der Waals surface area contributed by atoms with Crippen molar-refractivity contribution in [1.29, 1.82) is 0 Å². The van der Waals surface area contributed by atoms with Crippen molar-refractivity contribution in [2.45, 2.75) is 9.75 Å². The number of carbonyl (C=O) groups is 1. The monoisotopic (exact) mass is 442 g/mol. The van der Waals surface area contributed by atoms with Gasteiger partial charge in [-0.2, -0.15) is 0 Å². The molecule has 0 fully saturated rings. The van der Waals surface area contributed by atoms with Gasteiger partial charge in [-0.25, -0.2) is 9.78 Å². The van der Waals surface area contributed by atoms with Crippen LogP contribution in [-0.2, 0) is 10.3 Å². The highest BCUT2D eigenvalue weighted by atomic mass is 32.2. The summed E-state index contributed by atoms with van der Waals surface area (Å²) in [6, 6.07) is 9.75. The van der Waals surface area contributed by atoms with E-state index in [0.717, 1.165) is 31.8 Å². The lowest BCUT2D eigenvalue weighted by Crippen LogP contribution is -2.20. The van der Waals surface area contributed by atoms with Crippen molar-refractivity contribution < 1.29 is 14.3 Å². The van der Waals surface area contributed by atoms with Gasteiger partial charge in [0.15, 0.2) is 5.54 Å². The van der Waals surface area contributed by atoms with Crippen LogP contribution in [0.15, 0.2) is 57.1 Å². The third-order valence-electron chi connectivity index (χ3n) is 4.59. The summed E-state index contributed by atoms with van der Waals surface area (Å²) in [7, 11) is 3.05. The Morgan fingerprint density at radius 3 is 2.79 bits per heavy atom. The van der Waals surface area contributed by atoms with Crippen LogP contribution in [0.5, 0.6) is 5.75 Å². The zero-order valence-electron chi connectivity index (χ0n) is 16.0. The molecular weight excluding hydrogens is 424 g/mol. The van der Waals surface area contributed by atoms with E-state index in [4.69, 9.17) is 19.5 Å². The summed E-state index contributed by atoms with van der Waals surface area (Å²) >= 11 is 4.57. The Labute approximate surface area is 181 Å². The molecule has 1 aliphatic heterocycles. The van der Waals surface area contributed by atoms with E-state index in [9.17, 15) is 4.79 Å². The fourth-order valence-corrected chi connectivity index (χ4v) is 5.92. The molecule has 1 atom stereocenters. The summed E-state index contributed by atoms with van der Waals surface area (Å²) in [5.41, 5.74) is 2.10. The van der Waals surface area contributed by atoms with Crippen molar-refractivity contribution >= 4 is 46.6 Å². The van der Waals surface area contributed by atoms with E-state index in [1.807, 2.05) is 54.1 Å². The van der Waals surface area contributed by atoms with Gasteiger partial charge in [0.2, 0.25) is 0 Å². The van der Waals surface area contributed by atoms with E-state index >= 15 is 0 Å². The first-order valence-corrected chi connectivity index (χ1v) is 11.6. The average Bonchev–Trinajstić information content (AvgIpc) is 3.51. The van der Waals surface area contributed by atoms with Gasteiger partial charge < -0.3 is 9.47 Å². The number of esters is 1. The van der Waals surface area contributed by atoms with E-state index < -0.39 is 5.54 Å². The van der Waals surface area contributed by atoms with Gasteiger partial charge in [-0.1, -0.05) is 12.1 Å². The standard InChI is InChI=1S/C21H18N2O3S3/c1-25-14-7-4-6-13(10-14)21(8-5-9-22-21)20-23-16(12-28-20)15-11-17(18(24)26-2)29-19(15)27-3/h4-12H,1-3H3. The van der Waals surface area contributed by atoms with Crippen LogP contribution in [0.2, 0.25) is 0 Å². The van der Waals surface area contributed by atoms with Gasteiger partial charge in [0.25, 0.3) is 0 Å². The number of ether oxygens (including phenoxy) is 2. The minimum Gasteiger partial charge on any atom is -0.497 e. The highest BCUT2D eigenvalue weighted by Gasteiger charge is 2.36. The molecule has 3 aromatic rings. The molecule has 1 aromatic carbocycles. The van der Waals surface area contributed by atoms with Gasteiger partial charge in [-0.05, 0) is 42.2 Å². The maximum absolute atomic E-state index is 12.0. The van der Waals surface area contributed by atoms with Crippen molar-refractivity contribution in [3.63, 3.8) is 0 Å². The first-order chi connectivity index (χ1) is 14.1. The van der Waals surface area contributed by atoms with E-state index in [1.165, 1.54) is 18.4 Å². The first-order valence-electron chi connectivity index (χ1n) is 8.71. The Morgan fingerprint density at radius 1 is 1.24 bits per heavy atom. The lowest BCUT2D eigenvalue weighted by Gasteiger charge is -2.22. The Hall–Kier alpha value is -2.42. The topological polar surface area (TPSA) is 60.8 Å². The van der Waals surface area contributed by atoms with Gasteiger partial charge in [-0.15, -0.1) is 34.4 Å². The number of allylic oxidation sites excluding steroid dienone is 1. The summed E-state index contributed by atoms with van der Waals surface area (Å²) in [4.78, 5) is 22.2. The molecule has 0 radical (unpaired) electrons. The summed E-state index contributed by atoms with van der Waals surface area (Å²) in [5.74, 6) is 0.447. The van der Waals surface area contributed by atoms with E-state index in [1.54, 1.807) is 36.4 Å². The fraction of sp³-hybridized carbons (Fsp3) is 0.190. The average molecular weight is 443 g/mol. The van der Waals surface area contributed by atoms with Gasteiger partial charge in [0.05, 0.1) is 24.1 Å². The summed E-state index contributed by atoms with van der Waals surface area (Å²) < 4.78 is 11.3. The zero-order valence-corrected chi connectivity index (χ0v) is 18.5. The summed E-state index contributed by atoms with van der Waals surface area (Å²) in [6.45, 7) is 0. The minimum absolute atomic E-state index is 0.330. The van der Waals surface area contributed by atoms with Gasteiger partial charge in [0.1, 0.15) is 15.6 Å². The summed E-state index contributed by atoms with van der Waals surface area (Å²) in [6.07, 6.45) is 7.78. The maximum Gasteiger partial charge on any atom is 0.348 e. The highest BCUT2D eigenvalue weighted by molar-refractivity contribution is 8.00. The third-order valence-corrected chi connectivity index (χ3v) is 7.80. The second-order valence-corrected chi connectivity index (χ2v) is 9.17. The van der Waals surface area contributed by atoms with Crippen molar-refractivity contribution in [2.24, 2.45) is 4.99 Å². The molecular formula is C21H18N2O3S3. The third kappa shape index (κ3) is 3.52. The number of aromatic nitrogens is 1. The molecule has 0 aliphatic carbocycles. The molecule has 3 heterocycles. The zero-order chi connectivity index (χ0) is 20.4. The largest absolute Gasteiger partial charge is 0.497 e. The number of rotatable bonds is 6. The lowest BCUT2D eigenvalue weighted by atomic mass is 9.91. The van der Waals surface area contributed by atoms with Crippen molar-refractivity contribution in [3.8, 4) is 17.0 Å². The fourth-order valence-electron chi connectivity index (χ4n) is 3.14. The molecule has 0 amide bonds. The number of nitrogens with zero attached hydrogens (tertiary/aromatic N) is 2. The van der Waals surface area contributed by atoms with Gasteiger partial charge in [-0.3, -0.25) is 4.99 Å². The molecule has 2 aromatic heterocycles. The molecule has 29 heavy (non-hydrogen) atoms. The number of thiophene rings is 1. The maximum atomic E-state index is 12.0. The number of thioether (sulfide) groups is 1. The van der Waals surface area contributed by atoms with Crippen LogP contribution >= 0.6 is 34.4 Å². The van der Waals surface area contributed by atoms with Crippen LogP contribution in [0.25, 0.3) is 11.3 Å². The number of thiazole rings is 1. The number of carbonyl (C=O) groups excluding carboxylic acids is 1. The molecule has 8 heteroatoms. The smallest absolute Gasteiger partial charge is 0.348 e. The number of hydrogen-bond acceptors (Lipinski definition) is 8.